The number of likely N-dealkylation sites (tertiary alicyclic amines) is 1. The average Bonchev–Trinajstić information content (AvgIpc) is 3.28. The predicted octanol–water partition coefficient (Wildman–Crippen LogP) is 1.72. The van der Waals surface area contributed by atoms with Crippen molar-refractivity contribution in [2.75, 3.05) is 33.3 Å². The lowest BCUT2D eigenvalue weighted by Crippen LogP contribution is -2.63. The summed E-state index contributed by atoms with van der Waals surface area (Å²) in [6.45, 7) is 7.34. The summed E-state index contributed by atoms with van der Waals surface area (Å²) in [5, 5.41) is 13.2. The molecule has 21 heavy (non-hydrogen) atoms. The molecule has 0 aromatic carbocycles. The zero-order chi connectivity index (χ0) is 15.5. The molecule has 0 aromatic heterocycles. The van der Waals surface area contributed by atoms with Gasteiger partial charge in [-0.15, -0.1) is 0 Å². The largest absolute Gasteiger partial charge is 0.480 e. The van der Waals surface area contributed by atoms with E-state index in [2.05, 4.69) is 24.1 Å². The van der Waals surface area contributed by atoms with Crippen LogP contribution in [0.2, 0.25) is 0 Å². The fraction of sp³-hybridized carbons (Fsp3) is 0.938. The second-order valence-electron chi connectivity index (χ2n) is 6.95. The number of nitrogens with one attached hydrogen (secondary N) is 1. The molecule has 1 aliphatic heterocycles. The Morgan fingerprint density at radius 3 is 2.76 bits per heavy atom. The number of piperidine rings is 1. The van der Waals surface area contributed by atoms with E-state index in [4.69, 9.17) is 4.74 Å². The van der Waals surface area contributed by atoms with E-state index >= 15 is 0 Å². The van der Waals surface area contributed by atoms with E-state index < -0.39 is 11.5 Å². The third kappa shape index (κ3) is 3.76. The monoisotopic (exact) mass is 298 g/mol. The van der Waals surface area contributed by atoms with E-state index in [-0.39, 0.29) is 11.5 Å². The number of ether oxygens (including phenoxy) is 1. The number of nitrogens with zero attached hydrogens (tertiary/aromatic N) is 1. The molecule has 1 aliphatic carbocycles. The van der Waals surface area contributed by atoms with Gasteiger partial charge in [0.05, 0.1) is 5.60 Å². The van der Waals surface area contributed by atoms with Crippen molar-refractivity contribution in [2.24, 2.45) is 5.92 Å². The van der Waals surface area contributed by atoms with E-state index in [9.17, 15) is 9.90 Å². The molecular formula is C16H30N2O3. The highest BCUT2D eigenvalue weighted by molar-refractivity contribution is 5.80. The SMILES string of the molecule is CCCNC(CN1CCCC(C)(OC)C1)(C(=O)O)C1CC1. The van der Waals surface area contributed by atoms with E-state index in [1.54, 1.807) is 7.11 Å². The van der Waals surface area contributed by atoms with Crippen LogP contribution in [0.15, 0.2) is 0 Å². The van der Waals surface area contributed by atoms with Gasteiger partial charge in [-0.2, -0.15) is 0 Å². The fourth-order valence-corrected chi connectivity index (χ4v) is 3.53. The van der Waals surface area contributed by atoms with Gasteiger partial charge in [-0.05, 0) is 58.0 Å². The Kier molecular flexibility index (Phi) is 5.28. The molecule has 2 N–H and O–H groups in total. The normalized spacial score (nSPS) is 30.0. The summed E-state index contributed by atoms with van der Waals surface area (Å²) in [4.78, 5) is 14.3. The minimum Gasteiger partial charge on any atom is -0.480 e. The number of carbonyl (C=O) groups is 1. The maximum Gasteiger partial charge on any atom is 0.325 e. The smallest absolute Gasteiger partial charge is 0.325 e. The molecule has 0 radical (unpaired) electrons. The lowest BCUT2D eigenvalue weighted by Gasteiger charge is -2.43. The lowest BCUT2D eigenvalue weighted by molar-refractivity contribution is -0.148. The Morgan fingerprint density at radius 2 is 2.24 bits per heavy atom. The quantitative estimate of drug-likeness (QED) is 0.714. The summed E-state index contributed by atoms with van der Waals surface area (Å²) >= 11 is 0. The molecule has 2 unspecified atom stereocenters. The summed E-state index contributed by atoms with van der Waals surface area (Å²) in [7, 11) is 1.75. The summed E-state index contributed by atoms with van der Waals surface area (Å²) in [6.07, 6.45) is 5.12. The number of hydrogen-bond donors (Lipinski definition) is 2. The molecule has 5 heteroatoms. The van der Waals surface area contributed by atoms with Gasteiger partial charge < -0.3 is 15.2 Å². The van der Waals surface area contributed by atoms with Crippen LogP contribution in [-0.4, -0.2) is 60.4 Å². The third-order valence-electron chi connectivity index (χ3n) is 5.05. The number of carboxylic acid groups (broad SMARTS) is 1. The van der Waals surface area contributed by atoms with Gasteiger partial charge >= 0.3 is 5.97 Å². The summed E-state index contributed by atoms with van der Waals surface area (Å²) in [5.74, 6) is -0.416. The van der Waals surface area contributed by atoms with Crippen LogP contribution in [0.25, 0.3) is 0 Å². The highest BCUT2D eigenvalue weighted by Gasteiger charge is 2.52. The fourth-order valence-electron chi connectivity index (χ4n) is 3.53. The summed E-state index contributed by atoms with van der Waals surface area (Å²) < 4.78 is 5.63. The standard InChI is InChI=1S/C16H30N2O3/c1-4-9-17-16(14(19)20,13-6-7-13)12-18-10-5-8-15(2,11-18)21-3/h13,17H,4-12H2,1-3H3,(H,19,20). The predicted molar refractivity (Wildman–Crippen MR) is 82.5 cm³/mol. The maximum absolute atomic E-state index is 12.0. The van der Waals surface area contributed by atoms with Crippen LogP contribution in [0, 0.1) is 5.92 Å². The molecule has 1 saturated heterocycles. The molecule has 2 rings (SSSR count). The number of carboxylic acids is 1. The molecule has 0 spiro atoms. The van der Waals surface area contributed by atoms with Crippen molar-refractivity contribution in [1.29, 1.82) is 0 Å². The van der Waals surface area contributed by atoms with E-state index in [1.807, 2.05) is 0 Å². The first-order valence-corrected chi connectivity index (χ1v) is 8.22. The Hall–Kier alpha value is -0.650. The number of aliphatic carboxylic acids is 1. The molecular weight excluding hydrogens is 268 g/mol. The number of hydrogen-bond acceptors (Lipinski definition) is 4. The zero-order valence-electron chi connectivity index (χ0n) is 13.7. The molecule has 1 saturated carbocycles. The highest BCUT2D eigenvalue weighted by atomic mass is 16.5. The molecule has 0 bridgehead atoms. The van der Waals surface area contributed by atoms with Crippen LogP contribution < -0.4 is 5.32 Å². The minimum atomic E-state index is -0.776. The van der Waals surface area contributed by atoms with E-state index in [1.165, 1.54) is 0 Å². The van der Waals surface area contributed by atoms with Crippen molar-refractivity contribution in [3.63, 3.8) is 0 Å². The van der Waals surface area contributed by atoms with Gasteiger partial charge in [-0.1, -0.05) is 6.92 Å². The summed E-state index contributed by atoms with van der Waals surface area (Å²) in [5.41, 5.74) is -0.918. The van der Waals surface area contributed by atoms with Crippen LogP contribution in [0.4, 0.5) is 0 Å². The van der Waals surface area contributed by atoms with Crippen LogP contribution in [0.1, 0.15) is 46.0 Å². The van der Waals surface area contributed by atoms with Crippen LogP contribution >= 0.6 is 0 Å². The molecule has 0 amide bonds. The van der Waals surface area contributed by atoms with Gasteiger partial charge in [-0.3, -0.25) is 9.69 Å². The molecule has 2 atom stereocenters. The first kappa shape index (κ1) is 16.7. The Balaban J connectivity index is 2.09. The van der Waals surface area contributed by atoms with Crippen molar-refractivity contribution in [3.05, 3.63) is 0 Å². The van der Waals surface area contributed by atoms with Gasteiger partial charge in [0.15, 0.2) is 0 Å². The topological polar surface area (TPSA) is 61.8 Å². The van der Waals surface area contributed by atoms with Crippen molar-refractivity contribution in [1.82, 2.24) is 10.2 Å². The van der Waals surface area contributed by atoms with E-state index in [0.29, 0.717) is 6.54 Å². The van der Waals surface area contributed by atoms with Crippen LogP contribution in [-0.2, 0) is 9.53 Å². The zero-order valence-corrected chi connectivity index (χ0v) is 13.7. The van der Waals surface area contributed by atoms with Gasteiger partial charge in [-0.25, -0.2) is 0 Å². The summed E-state index contributed by atoms with van der Waals surface area (Å²) in [6, 6.07) is 0. The minimum absolute atomic E-state index is 0.142. The Bertz CT molecular complexity index is 373. The van der Waals surface area contributed by atoms with Crippen molar-refractivity contribution >= 4 is 5.97 Å². The van der Waals surface area contributed by atoms with Crippen molar-refractivity contribution in [2.45, 2.75) is 57.1 Å². The van der Waals surface area contributed by atoms with E-state index in [0.717, 1.165) is 51.7 Å². The van der Waals surface area contributed by atoms with Gasteiger partial charge in [0.1, 0.15) is 5.54 Å². The second kappa shape index (κ2) is 6.63. The van der Waals surface area contributed by atoms with Crippen LogP contribution in [0.3, 0.4) is 0 Å². The maximum atomic E-state index is 12.0. The molecule has 1 heterocycles. The number of methoxy groups -OCH3 is 1. The molecule has 2 aliphatic rings. The first-order valence-electron chi connectivity index (χ1n) is 8.22. The van der Waals surface area contributed by atoms with Crippen molar-refractivity contribution < 1.29 is 14.6 Å². The Morgan fingerprint density at radius 1 is 1.52 bits per heavy atom. The van der Waals surface area contributed by atoms with Gasteiger partial charge in [0, 0.05) is 20.2 Å². The van der Waals surface area contributed by atoms with Gasteiger partial charge in [0.2, 0.25) is 0 Å². The molecule has 2 fully saturated rings. The first-order chi connectivity index (χ1) is 9.96. The van der Waals surface area contributed by atoms with Crippen LogP contribution in [0.5, 0.6) is 0 Å². The molecule has 122 valence electrons. The molecule has 5 nitrogen and oxygen atoms in total. The third-order valence-corrected chi connectivity index (χ3v) is 5.05. The molecule has 0 aromatic rings. The second-order valence-corrected chi connectivity index (χ2v) is 6.95. The lowest BCUT2D eigenvalue weighted by atomic mass is 9.88. The van der Waals surface area contributed by atoms with Crippen molar-refractivity contribution in [3.8, 4) is 0 Å². The Labute approximate surface area is 128 Å². The van der Waals surface area contributed by atoms with Gasteiger partial charge in [0.25, 0.3) is 0 Å². The highest BCUT2D eigenvalue weighted by Crippen LogP contribution is 2.41. The average molecular weight is 298 g/mol. The number of rotatable bonds is 8.